The predicted octanol–water partition coefficient (Wildman–Crippen LogP) is 6.29. The fourth-order valence-electron chi connectivity index (χ4n) is 3.10. The summed E-state index contributed by atoms with van der Waals surface area (Å²) in [7, 11) is 0. The van der Waals surface area contributed by atoms with Gasteiger partial charge in [-0.2, -0.15) is 5.26 Å². The molecule has 0 aliphatic heterocycles. The predicted molar refractivity (Wildman–Crippen MR) is 110 cm³/mol. The fourth-order valence-corrected chi connectivity index (χ4v) is 3.90. The summed E-state index contributed by atoms with van der Waals surface area (Å²) in [4.78, 5) is 6.23. The van der Waals surface area contributed by atoms with Gasteiger partial charge < -0.3 is 4.57 Å². The van der Waals surface area contributed by atoms with E-state index in [1.807, 2.05) is 17.8 Å². The Morgan fingerprint density at radius 3 is 2.69 bits per heavy atom. The third-order valence-electron chi connectivity index (χ3n) is 4.39. The van der Waals surface area contributed by atoms with Crippen LogP contribution in [0.15, 0.2) is 53.4 Å². The van der Waals surface area contributed by atoms with Crippen molar-refractivity contribution in [1.29, 1.82) is 5.26 Å². The number of unbranched alkanes of at least 4 members (excludes halogenated alkanes) is 3. The van der Waals surface area contributed by atoms with Gasteiger partial charge in [-0.15, -0.1) is 11.8 Å². The van der Waals surface area contributed by atoms with Gasteiger partial charge in [0, 0.05) is 23.4 Å². The lowest BCUT2D eigenvalue weighted by atomic mass is 10.2. The number of aromatic nitrogens is 2. The summed E-state index contributed by atoms with van der Waals surface area (Å²) in [5.41, 5.74) is 3.43. The third-order valence-corrected chi connectivity index (χ3v) is 5.59. The van der Waals surface area contributed by atoms with Gasteiger partial charge in [-0.1, -0.05) is 43.7 Å². The van der Waals surface area contributed by atoms with Crippen LogP contribution in [-0.2, 0) is 6.54 Å². The van der Waals surface area contributed by atoms with Crippen molar-refractivity contribution in [3.63, 3.8) is 0 Å². The zero-order chi connectivity index (χ0) is 18.2. The summed E-state index contributed by atoms with van der Waals surface area (Å²) in [6, 6.07) is 19.3. The van der Waals surface area contributed by atoms with E-state index in [1.165, 1.54) is 16.8 Å². The standard InChI is InChI=1S/C22H25N3S/c1-2-16-26-19-12-13-20-21(17-19)25(15-9-4-3-8-14-23)22(24-20)18-10-6-5-7-11-18/h5-7,10-13,17H,2-4,8-9,15-16H2,1H3. The van der Waals surface area contributed by atoms with Crippen molar-refractivity contribution in [2.45, 2.75) is 50.5 Å². The van der Waals surface area contributed by atoms with Crippen LogP contribution in [0.25, 0.3) is 22.4 Å². The Balaban J connectivity index is 1.93. The molecule has 0 saturated heterocycles. The lowest BCUT2D eigenvalue weighted by Gasteiger charge is -2.10. The summed E-state index contributed by atoms with van der Waals surface area (Å²) in [6.07, 6.45) is 4.94. The molecule has 0 N–H and O–H groups in total. The van der Waals surface area contributed by atoms with E-state index in [9.17, 15) is 0 Å². The number of rotatable bonds is 9. The van der Waals surface area contributed by atoms with Gasteiger partial charge >= 0.3 is 0 Å². The first-order valence-corrected chi connectivity index (χ1v) is 10.4. The number of fused-ring (bicyclic) bond motifs is 1. The minimum Gasteiger partial charge on any atom is -0.324 e. The minimum atomic E-state index is 0.647. The van der Waals surface area contributed by atoms with E-state index < -0.39 is 0 Å². The van der Waals surface area contributed by atoms with Crippen LogP contribution in [0.1, 0.15) is 39.0 Å². The molecule has 2 aromatic carbocycles. The minimum absolute atomic E-state index is 0.647. The maximum atomic E-state index is 8.72. The van der Waals surface area contributed by atoms with Gasteiger partial charge in [-0.05, 0) is 43.2 Å². The monoisotopic (exact) mass is 363 g/mol. The lowest BCUT2D eigenvalue weighted by Crippen LogP contribution is -2.01. The van der Waals surface area contributed by atoms with E-state index in [2.05, 4.69) is 60.0 Å². The highest BCUT2D eigenvalue weighted by Gasteiger charge is 2.13. The van der Waals surface area contributed by atoms with Gasteiger partial charge in [-0.3, -0.25) is 0 Å². The molecule has 0 unspecified atom stereocenters. The van der Waals surface area contributed by atoms with Gasteiger partial charge in [0.25, 0.3) is 0 Å². The second-order valence-corrected chi connectivity index (χ2v) is 7.59. The molecule has 1 heterocycles. The number of nitriles is 1. The summed E-state index contributed by atoms with van der Waals surface area (Å²) >= 11 is 1.91. The average molecular weight is 364 g/mol. The first kappa shape index (κ1) is 18.5. The number of benzene rings is 2. The number of nitrogens with zero attached hydrogens (tertiary/aromatic N) is 3. The number of hydrogen-bond donors (Lipinski definition) is 0. The van der Waals surface area contributed by atoms with E-state index >= 15 is 0 Å². The molecule has 3 rings (SSSR count). The van der Waals surface area contributed by atoms with Crippen molar-refractivity contribution >= 4 is 22.8 Å². The first-order valence-electron chi connectivity index (χ1n) is 9.39. The molecule has 3 nitrogen and oxygen atoms in total. The van der Waals surface area contributed by atoms with Gasteiger partial charge in [0.1, 0.15) is 5.82 Å². The van der Waals surface area contributed by atoms with Gasteiger partial charge in [0.15, 0.2) is 0 Å². The lowest BCUT2D eigenvalue weighted by molar-refractivity contribution is 0.605. The Hall–Kier alpha value is -2.25. The van der Waals surface area contributed by atoms with Crippen molar-refractivity contribution in [2.24, 2.45) is 0 Å². The molecule has 0 amide bonds. The van der Waals surface area contributed by atoms with Crippen LogP contribution < -0.4 is 0 Å². The van der Waals surface area contributed by atoms with E-state index in [0.717, 1.165) is 48.5 Å². The zero-order valence-corrected chi connectivity index (χ0v) is 16.1. The van der Waals surface area contributed by atoms with Gasteiger partial charge in [-0.25, -0.2) is 4.98 Å². The van der Waals surface area contributed by atoms with Crippen LogP contribution >= 0.6 is 11.8 Å². The van der Waals surface area contributed by atoms with Crippen molar-refractivity contribution in [2.75, 3.05) is 5.75 Å². The Labute approximate surface area is 160 Å². The van der Waals surface area contributed by atoms with Crippen LogP contribution in [0.3, 0.4) is 0 Å². The molecule has 26 heavy (non-hydrogen) atoms. The Morgan fingerprint density at radius 2 is 1.92 bits per heavy atom. The number of imidazole rings is 1. The highest BCUT2D eigenvalue weighted by Crippen LogP contribution is 2.29. The van der Waals surface area contributed by atoms with Crippen LogP contribution in [0.2, 0.25) is 0 Å². The molecule has 0 spiro atoms. The maximum Gasteiger partial charge on any atom is 0.141 e. The second-order valence-electron chi connectivity index (χ2n) is 6.42. The molecule has 0 saturated carbocycles. The third kappa shape index (κ3) is 4.47. The van der Waals surface area contributed by atoms with Gasteiger partial charge in [0.05, 0.1) is 17.1 Å². The van der Waals surface area contributed by atoms with E-state index in [0.29, 0.717) is 6.42 Å². The van der Waals surface area contributed by atoms with Crippen LogP contribution in [0.5, 0.6) is 0 Å². The van der Waals surface area contributed by atoms with Crippen LogP contribution in [0.4, 0.5) is 0 Å². The highest BCUT2D eigenvalue weighted by molar-refractivity contribution is 7.99. The van der Waals surface area contributed by atoms with E-state index in [1.54, 1.807) is 0 Å². The zero-order valence-electron chi connectivity index (χ0n) is 15.3. The Bertz CT molecular complexity index is 878. The molecule has 0 atom stereocenters. The Morgan fingerprint density at radius 1 is 1.08 bits per heavy atom. The fraction of sp³-hybridized carbons (Fsp3) is 0.364. The molecule has 0 fully saturated rings. The van der Waals surface area contributed by atoms with Crippen molar-refractivity contribution in [1.82, 2.24) is 9.55 Å². The summed E-state index contributed by atoms with van der Waals surface area (Å²) in [5.74, 6) is 2.18. The number of thioether (sulfide) groups is 1. The number of aryl methyl sites for hydroxylation is 1. The molecule has 3 aromatic rings. The highest BCUT2D eigenvalue weighted by atomic mass is 32.2. The summed E-state index contributed by atoms with van der Waals surface area (Å²) in [5, 5.41) is 8.72. The SMILES string of the molecule is CCCSc1ccc2nc(-c3ccccc3)n(CCCCCC#N)c2c1. The molecule has 0 bridgehead atoms. The number of hydrogen-bond acceptors (Lipinski definition) is 3. The van der Waals surface area contributed by atoms with Crippen molar-refractivity contribution in [3.05, 3.63) is 48.5 Å². The van der Waals surface area contributed by atoms with E-state index in [4.69, 9.17) is 10.2 Å². The second kappa shape index (κ2) is 9.45. The molecule has 4 heteroatoms. The maximum absolute atomic E-state index is 8.72. The molecular weight excluding hydrogens is 338 g/mol. The Kier molecular flexibility index (Phi) is 6.74. The molecule has 1 aromatic heterocycles. The van der Waals surface area contributed by atoms with Crippen LogP contribution in [-0.4, -0.2) is 15.3 Å². The summed E-state index contributed by atoms with van der Waals surface area (Å²) in [6.45, 7) is 3.15. The molecule has 134 valence electrons. The topological polar surface area (TPSA) is 41.6 Å². The largest absolute Gasteiger partial charge is 0.324 e. The molecular formula is C22H25N3S. The van der Waals surface area contributed by atoms with E-state index in [-0.39, 0.29) is 0 Å². The molecule has 0 aliphatic rings. The normalized spacial score (nSPS) is 10.9. The van der Waals surface area contributed by atoms with Crippen molar-refractivity contribution < 1.29 is 0 Å². The summed E-state index contributed by atoms with van der Waals surface area (Å²) < 4.78 is 2.35. The smallest absolute Gasteiger partial charge is 0.141 e. The average Bonchev–Trinajstić information content (AvgIpc) is 3.05. The van der Waals surface area contributed by atoms with Crippen molar-refractivity contribution in [3.8, 4) is 17.5 Å². The molecule has 0 aliphatic carbocycles. The van der Waals surface area contributed by atoms with Gasteiger partial charge in [0.2, 0.25) is 0 Å². The molecule has 0 radical (unpaired) electrons. The van der Waals surface area contributed by atoms with Crippen LogP contribution in [0, 0.1) is 11.3 Å². The first-order chi connectivity index (χ1) is 12.8. The quantitative estimate of drug-likeness (QED) is 0.331.